The summed E-state index contributed by atoms with van der Waals surface area (Å²) in [7, 11) is 1.75. The summed E-state index contributed by atoms with van der Waals surface area (Å²) in [5, 5.41) is 0. The van der Waals surface area contributed by atoms with E-state index in [9.17, 15) is 13.6 Å². The van der Waals surface area contributed by atoms with E-state index in [1.807, 2.05) is 6.92 Å². The van der Waals surface area contributed by atoms with Crippen molar-refractivity contribution in [3.05, 3.63) is 35.4 Å². The number of hydrogen-bond donors (Lipinski definition) is 0. The number of amides is 1. The first-order valence-electron chi connectivity index (χ1n) is 5.72. The molecule has 0 atom stereocenters. The van der Waals surface area contributed by atoms with E-state index in [1.165, 1.54) is 6.07 Å². The van der Waals surface area contributed by atoms with Crippen LogP contribution in [0.3, 0.4) is 0 Å². The second kappa shape index (κ2) is 6.33. The molecule has 0 N–H and O–H groups in total. The topological polar surface area (TPSA) is 20.3 Å². The van der Waals surface area contributed by atoms with Crippen molar-refractivity contribution in [2.24, 2.45) is 0 Å². The second-order valence-electron chi connectivity index (χ2n) is 4.06. The van der Waals surface area contributed by atoms with E-state index in [0.717, 1.165) is 25.1 Å². The predicted molar refractivity (Wildman–Crippen MR) is 62.6 cm³/mol. The zero-order valence-electron chi connectivity index (χ0n) is 10.2. The molecule has 0 saturated heterocycles. The second-order valence-corrected chi connectivity index (χ2v) is 4.06. The van der Waals surface area contributed by atoms with Gasteiger partial charge in [-0.15, -0.1) is 0 Å². The van der Waals surface area contributed by atoms with E-state index >= 15 is 0 Å². The molecule has 0 aromatic heterocycles. The highest BCUT2D eigenvalue weighted by atomic mass is 19.2. The molecule has 0 unspecified atom stereocenters. The molecule has 0 heterocycles. The number of aryl methyl sites for hydroxylation is 1. The molecule has 0 aliphatic carbocycles. The summed E-state index contributed by atoms with van der Waals surface area (Å²) in [6.07, 6.45) is 1.67. The lowest BCUT2D eigenvalue weighted by atomic mass is 10.1. The van der Waals surface area contributed by atoms with Gasteiger partial charge in [0.1, 0.15) is 0 Å². The highest BCUT2D eigenvalue weighted by molar-refractivity contribution is 5.76. The van der Waals surface area contributed by atoms with Crippen molar-refractivity contribution in [1.82, 2.24) is 4.90 Å². The molecule has 17 heavy (non-hydrogen) atoms. The van der Waals surface area contributed by atoms with Crippen LogP contribution in [0.1, 0.15) is 25.3 Å². The lowest BCUT2D eigenvalue weighted by Gasteiger charge is -2.15. The molecule has 0 bridgehead atoms. The number of hydrogen-bond acceptors (Lipinski definition) is 1. The van der Waals surface area contributed by atoms with E-state index in [4.69, 9.17) is 0 Å². The summed E-state index contributed by atoms with van der Waals surface area (Å²) in [4.78, 5) is 13.3. The highest BCUT2D eigenvalue weighted by Crippen LogP contribution is 2.11. The Labute approximate surface area is 100 Å². The number of carbonyl (C=O) groups excluding carboxylic acids is 1. The SMILES string of the molecule is CCCN(C)C(=O)CCc1ccc(F)c(F)c1. The van der Waals surface area contributed by atoms with Crippen LogP contribution in [0.15, 0.2) is 18.2 Å². The van der Waals surface area contributed by atoms with Crippen LogP contribution in [-0.2, 0) is 11.2 Å². The van der Waals surface area contributed by atoms with Crippen LogP contribution in [0.5, 0.6) is 0 Å². The van der Waals surface area contributed by atoms with Gasteiger partial charge in [-0.3, -0.25) is 4.79 Å². The number of halogens is 2. The van der Waals surface area contributed by atoms with Crippen molar-refractivity contribution in [2.45, 2.75) is 26.2 Å². The summed E-state index contributed by atoms with van der Waals surface area (Å²) in [6.45, 7) is 2.72. The average Bonchev–Trinajstić information content (AvgIpc) is 2.30. The van der Waals surface area contributed by atoms with Crippen molar-refractivity contribution < 1.29 is 13.6 Å². The van der Waals surface area contributed by atoms with Crippen LogP contribution in [-0.4, -0.2) is 24.4 Å². The molecule has 0 aliphatic rings. The van der Waals surface area contributed by atoms with Gasteiger partial charge in [-0.05, 0) is 30.5 Å². The van der Waals surface area contributed by atoms with Gasteiger partial charge in [-0.2, -0.15) is 0 Å². The Hall–Kier alpha value is -1.45. The fourth-order valence-electron chi connectivity index (χ4n) is 1.60. The van der Waals surface area contributed by atoms with Crippen LogP contribution < -0.4 is 0 Å². The Morgan fingerprint density at radius 1 is 1.29 bits per heavy atom. The lowest BCUT2D eigenvalue weighted by Crippen LogP contribution is -2.27. The van der Waals surface area contributed by atoms with Gasteiger partial charge in [-0.1, -0.05) is 13.0 Å². The first kappa shape index (κ1) is 13.6. The molecule has 0 radical (unpaired) electrons. The van der Waals surface area contributed by atoms with Gasteiger partial charge in [0.15, 0.2) is 11.6 Å². The molecule has 1 rings (SSSR count). The van der Waals surface area contributed by atoms with Crippen molar-refractivity contribution in [1.29, 1.82) is 0 Å². The average molecular weight is 241 g/mol. The molecule has 0 saturated carbocycles. The van der Waals surface area contributed by atoms with Gasteiger partial charge in [0.25, 0.3) is 0 Å². The quantitative estimate of drug-likeness (QED) is 0.776. The first-order valence-corrected chi connectivity index (χ1v) is 5.72. The molecule has 1 aromatic carbocycles. The van der Waals surface area contributed by atoms with Gasteiger partial charge in [0.05, 0.1) is 0 Å². The minimum absolute atomic E-state index is 0.0246. The van der Waals surface area contributed by atoms with Gasteiger partial charge in [0.2, 0.25) is 5.91 Å². The lowest BCUT2D eigenvalue weighted by molar-refractivity contribution is -0.129. The van der Waals surface area contributed by atoms with Crippen LogP contribution in [0.25, 0.3) is 0 Å². The van der Waals surface area contributed by atoms with Crippen molar-refractivity contribution >= 4 is 5.91 Å². The predicted octanol–water partition coefficient (Wildman–Crippen LogP) is 2.77. The van der Waals surface area contributed by atoms with Gasteiger partial charge in [-0.25, -0.2) is 8.78 Å². The summed E-state index contributed by atoms with van der Waals surface area (Å²) in [6, 6.07) is 3.73. The normalized spacial score (nSPS) is 10.4. The number of nitrogens with zero attached hydrogens (tertiary/aromatic N) is 1. The standard InChI is InChI=1S/C13H17F2NO/c1-3-8-16(2)13(17)7-5-10-4-6-11(14)12(15)9-10/h4,6,9H,3,5,7-8H2,1-2H3. The fourth-order valence-corrected chi connectivity index (χ4v) is 1.60. The smallest absolute Gasteiger partial charge is 0.222 e. The summed E-state index contributed by atoms with van der Waals surface area (Å²) < 4.78 is 25.6. The Morgan fingerprint density at radius 2 is 2.00 bits per heavy atom. The van der Waals surface area contributed by atoms with Crippen molar-refractivity contribution in [3.63, 3.8) is 0 Å². The Morgan fingerprint density at radius 3 is 2.59 bits per heavy atom. The van der Waals surface area contributed by atoms with E-state index in [1.54, 1.807) is 11.9 Å². The molecule has 1 aromatic rings. The molecule has 4 heteroatoms. The summed E-state index contributed by atoms with van der Waals surface area (Å²) in [5.41, 5.74) is 0.641. The molecule has 1 amide bonds. The number of carbonyl (C=O) groups is 1. The molecular weight excluding hydrogens is 224 g/mol. The molecular formula is C13H17F2NO. The van der Waals surface area contributed by atoms with E-state index in [-0.39, 0.29) is 5.91 Å². The van der Waals surface area contributed by atoms with E-state index in [0.29, 0.717) is 18.4 Å². The van der Waals surface area contributed by atoms with Gasteiger partial charge >= 0.3 is 0 Å². The molecule has 94 valence electrons. The third kappa shape index (κ3) is 4.13. The summed E-state index contributed by atoms with van der Waals surface area (Å²) in [5.74, 6) is -1.70. The highest BCUT2D eigenvalue weighted by Gasteiger charge is 2.09. The maximum Gasteiger partial charge on any atom is 0.222 e. The Kier molecular flexibility index (Phi) is 5.07. The molecule has 0 aliphatic heterocycles. The van der Waals surface area contributed by atoms with Gasteiger partial charge < -0.3 is 4.90 Å². The van der Waals surface area contributed by atoms with E-state index < -0.39 is 11.6 Å². The first-order chi connectivity index (χ1) is 8.04. The Bertz CT molecular complexity index is 393. The van der Waals surface area contributed by atoms with Crippen molar-refractivity contribution in [2.75, 3.05) is 13.6 Å². The largest absolute Gasteiger partial charge is 0.346 e. The van der Waals surface area contributed by atoms with Crippen LogP contribution in [0.2, 0.25) is 0 Å². The third-order valence-electron chi connectivity index (χ3n) is 2.60. The summed E-state index contributed by atoms with van der Waals surface area (Å²) >= 11 is 0. The van der Waals surface area contributed by atoms with Gasteiger partial charge in [0, 0.05) is 20.0 Å². The zero-order chi connectivity index (χ0) is 12.8. The maximum atomic E-state index is 12.9. The third-order valence-corrected chi connectivity index (χ3v) is 2.60. The molecule has 0 fully saturated rings. The minimum Gasteiger partial charge on any atom is -0.346 e. The monoisotopic (exact) mass is 241 g/mol. The molecule has 2 nitrogen and oxygen atoms in total. The van der Waals surface area contributed by atoms with Crippen LogP contribution >= 0.6 is 0 Å². The minimum atomic E-state index is -0.864. The van der Waals surface area contributed by atoms with Crippen molar-refractivity contribution in [3.8, 4) is 0 Å². The number of rotatable bonds is 5. The van der Waals surface area contributed by atoms with E-state index in [2.05, 4.69) is 0 Å². The zero-order valence-corrected chi connectivity index (χ0v) is 10.2. The molecule has 0 spiro atoms. The fraction of sp³-hybridized carbons (Fsp3) is 0.462. The number of benzene rings is 1. The van der Waals surface area contributed by atoms with Crippen LogP contribution in [0.4, 0.5) is 8.78 Å². The maximum absolute atomic E-state index is 12.9. The van der Waals surface area contributed by atoms with Crippen LogP contribution in [0, 0.1) is 11.6 Å². The Balaban J connectivity index is 2.50.